The third-order valence-corrected chi connectivity index (χ3v) is 10.2. The third-order valence-electron chi connectivity index (χ3n) is 9.32. The molecule has 1 unspecified atom stereocenters. The monoisotopic (exact) mass is 552 g/mol. The van der Waals surface area contributed by atoms with Crippen LogP contribution in [0.5, 0.6) is 0 Å². The smallest absolute Gasteiger partial charge is 0.248 e. The predicted molar refractivity (Wildman–Crippen MR) is 145 cm³/mol. The molecule has 1 aromatic heterocycles. The number of nitrogens with two attached hydrogens (primary N) is 1. The Morgan fingerprint density at radius 2 is 1.85 bits per heavy atom. The van der Waals surface area contributed by atoms with Crippen LogP contribution in [0.25, 0.3) is 0 Å². The van der Waals surface area contributed by atoms with E-state index in [9.17, 15) is 22.9 Å². The number of nitrogens with zero attached hydrogens (tertiary/aromatic N) is 1. The second-order valence-electron chi connectivity index (χ2n) is 11.6. The minimum absolute atomic E-state index is 0.124. The fourth-order valence-electron chi connectivity index (χ4n) is 7.33. The topological polar surface area (TPSA) is 134 Å². The molecule has 3 N–H and O–H groups in total. The lowest BCUT2D eigenvalue weighted by atomic mass is 9.49. The van der Waals surface area contributed by atoms with Crippen molar-refractivity contribution >= 4 is 16.0 Å². The first-order valence-electron chi connectivity index (χ1n) is 13.4. The van der Waals surface area contributed by atoms with Crippen LogP contribution >= 0.6 is 0 Å². The number of carbonyl (C=O) groups is 1. The number of rotatable bonds is 4. The van der Waals surface area contributed by atoms with Crippen LogP contribution in [0.2, 0.25) is 0 Å². The summed E-state index contributed by atoms with van der Waals surface area (Å²) in [5.74, 6) is 0.583. The number of hydrogen-bond acceptors (Lipinski definition) is 6. The lowest BCUT2D eigenvalue weighted by Gasteiger charge is -2.65. The van der Waals surface area contributed by atoms with Crippen LogP contribution in [-0.2, 0) is 28.5 Å². The first-order chi connectivity index (χ1) is 18.4. The summed E-state index contributed by atoms with van der Waals surface area (Å²) in [6.07, 6.45) is 7.46. The fourth-order valence-corrected chi connectivity index (χ4v) is 7.80. The van der Waals surface area contributed by atoms with Crippen molar-refractivity contribution in [3.8, 4) is 0 Å². The van der Waals surface area contributed by atoms with Gasteiger partial charge in [-0.1, -0.05) is 36.6 Å². The molecule has 2 fully saturated rings. The molecule has 9 heteroatoms. The van der Waals surface area contributed by atoms with Gasteiger partial charge in [0.15, 0.2) is 5.76 Å². The highest BCUT2D eigenvalue weighted by molar-refractivity contribution is 7.85. The number of primary amides is 1. The second kappa shape index (κ2) is 9.89. The van der Waals surface area contributed by atoms with Gasteiger partial charge in [-0.05, 0) is 67.3 Å². The van der Waals surface area contributed by atoms with Crippen molar-refractivity contribution in [3.63, 3.8) is 0 Å². The van der Waals surface area contributed by atoms with Crippen molar-refractivity contribution in [3.05, 3.63) is 88.9 Å². The van der Waals surface area contributed by atoms with E-state index in [1.54, 1.807) is 18.4 Å². The van der Waals surface area contributed by atoms with Crippen LogP contribution < -0.4 is 5.73 Å². The zero-order chi connectivity index (χ0) is 28.1. The van der Waals surface area contributed by atoms with Gasteiger partial charge in [0.1, 0.15) is 28.3 Å². The Hall–Kier alpha value is -2.98. The summed E-state index contributed by atoms with van der Waals surface area (Å²) in [5, 5.41) is 12.2. The average molecular weight is 553 g/mol. The summed E-state index contributed by atoms with van der Waals surface area (Å²) in [6.45, 7) is 3.61. The number of aliphatic hydroxyl groups is 1. The van der Waals surface area contributed by atoms with E-state index >= 15 is 0 Å². The van der Waals surface area contributed by atoms with Crippen molar-refractivity contribution < 1.29 is 31.8 Å². The Morgan fingerprint density at radius 3 is 2.49 bits per heavy atom. The SMILES string of the molecule is C[N+]1(Cc2ccco2)CC[C@]23CCCC[C@@]2(O)[C@H]1Cc1ccc(C(N)=O)cc13.Cc1ccc(S(=O)(=O)[O-])cc1. The maximum atomic E-state index is 12.2. The molecule has 0 radical (unpaired) electrons. The minimum atomic E-state index is -4.27. The van der Waals surface area contributed by atoms with Gasteiger partial charge in [0.2, 0.25) is 5.91 Å². The zero-order valence-corrected chi connectivity index (χ0v) is 23.2. The van der Waals surface area contributed by atoms with E-state index < -0.39 is 21.6 Å². The van der Waals surface area contributed by atoms with Crippen molar-refractivity contribution in [2.75, 3.05) is 13.6 Å². The highest BCUT2D eigenvalue weighted by atomic mass is 32.2. The molecule has 2 bridgehead atoms. The molecule has 2 heterocycles. The summed E-state index contributed by atoms with van der Waals surface area (Å²) in [5.41, 5.74) is 8.48. The van der Waals surface area contributed by atoms with Crippen molar-refractivity contribution in [2.45, 2.75) is 73.9 Å². The van der Waals surface area contributed by atoms with Gasteiger partial charge in [0.25, 0.3) is 0 Å². The molecule has 8 nitrogen and oxygen atoms in total. The highest BCUT2D eigenvalue weighted by Crippen LogP contribution is 2.59. The van der Waals surface area contributed by atoms with E-state index in [0.717, 1.165) is 67.4 Å². The standard InChI is InChI=1S/C23H28N2O3.C7H8O3S/c1-25(15-18-5-4-12-28-18)11-10-22-8-2-3-9-23(22,27)20(25)14-16-6-7-17(21(24)26)13-19(16)22;1-6-2-4-7(5-3-6)11(8,9)10/h4-7,12-13,20,27H,2-3,8-11,14-15H2,1H3,(H-,24,26);2-5H,1H3,(H,8,9,10)/t20-,22+,23-,25?;/m1./s1. The van der Waals surface area contributed by atoms with Crippen LogP contribution in [0, 0.1) is 6.92 Å². The zero-order valence-electron chi connectivity index (χ0n) is 22.4. The molecule has 1 saturated heterocycles. The number of quaternary nitrogens is 1. The number of hydrogen-bond donors (Lipinski definition) is 2. The maximum Gasteiger partial charge on any atom is 0.248 e. The first-order valence-corrected chi connectivity index (χ1v) is 14.8. The number of carbonyl (C=O) groups excluding carboxylic acids is 1. The summed E-state index contributed by atoms with van der Waals surface area (Å²) < 4.78 is 37.6. The molecule has 0 spiro atoms. The van der Waals surface area contributed by atoms with Crippen molar-refractivity contribution in [1.82, 2.24) is 0 Å². The van der Waals surface area contributed by atoms with Crippen molar-refractivity contribution in [1.29, 1.82) is 0 Å². The van der Waals surface area contributed by atoms with Gasteiger partial charge in [0.05, 0.1) is 24.8 Å². The maximum absolute atomic E-state index is 12.2. The summed E-state index contributed by atoms with van der Waals surface area (Å²) in [7, 11) is -2.00. The Bertz CT molecular complexity index is 1470. The molecule has 3 aliphatic rings. The van der Waals surface area contributed by atoms with Crippen molar-refractivity contribution in [2.24, 2.45) is 5.73 Å². The Morgan fingerprint density at radius 1 is 1.13 bits per heavy atom. The fraction of sp³-hybridized carbons (Fsp3) is 0.433. The normalized spacial score (nSPS) is 29.4. The third kappa shape index (κ3) is 4.82. The highest BCUT2D eigenvalue weighted by Gasteiger charge is 2.68. The minimum Gasteiger partial charge on any atom is -0.744 e. The molecule has 1 amide bonds. The molecule has 3 aromatic rings. The molecule has 1 aliphatic heterocycles. The number of amides is 1. The Balaban J connectivity index is 0.000000237. The van der Waals surface area contributed by atoms with Crippen LogP contribution in [0.3, 0.4) is 0 Å². The van der Waals surface area contributed by atoms with Gasteiger partial charge in [-0.15, -0.1) is 0 Å². The quantitative estimate of drug-likeness (QED) is 0.374. The molecule has 6 rings (SSSR count). The van der Waals surface area contributed by atoms with E-state index in [0.29, 0.717) is 5.56 Å². The summed E-state index contributed by atoms with van der Waals surface area (Å²) >= 11 is 0. The van der Waals surface area contributed by atoms with E-state index in [1.165, 1.54) is 23.3 Å². The van der Waals surface area contributed by atoms with Gasteiger partial charge in [-0.2, -0.15) is 0 Å². The molecule has 2 aromatic carbocycles. The van der Waals surface area contributed by atoms with Gasteiger partial charge >= 0.3 is 0 Å². The lowest BCUT2D eigenvalue weighted by Crippen LogP contribution is -2.77. The lowest BCUT2D eigenvalue weighted by molar-refractivity contribution is -0.962. The average Bonchev–Trinajstić information content (AvgIpc) is 3.39. The van der Waals surface area contributed by atoms with Crippen LogP contribution in [0.4, 0.5) is 0 Å². The van der Waals surface area contributed by atoms with Crippen LogP contribution in [0.15, 0.2) is 70.2 Å². The van der Waals surface area contributed by atoms with E-state index in [1.807, 2.05) is 31.2 Å². The molecule has 1 saturated carbocycles. The molecule has 208 valence electrons. The summed E-state index contributed by atoms with van der Waals surface area (Å²) in [4.78, 5) is 11.6. The number of likely N-dealkylation sites (tertiary alicyclic amines) is 1. The predicted octanol–water partition coefficient (Wildman–Crippen LogP) is 3.80. The number of furan rings is 1. The van der Waals surface area contributed by atoms with E-state index in [-0.39, 0.29) is 16.4 Å². The second-order valence-corrected chi connectivity index (χ2v) is 13.0. The largest absolute Gasteiger partial charge is 0.744 e. The van der Waals surface area contributed by atoms with Gasteiger partial charge < -0.3 is 24.3 Å². The number of aryl methyl sites for hydroxylation is 1. The summed E-state index contributed by atoms with van der Waals surface area (Å²) in [6, 6.07) is 15.8. The van der Waals surface area contributed by atoms with Gasteiger partial charge in [-0.3, -0.25) is 4.79 Å². The van der Waals surface area contributed by atoms with E-state index in [2.05, 4.69) is 13.1 Å². The Kier molecular flexibility index (Phi) is 6.99. The Labute approximate surface area is 229 Å². The molecule has 2 aliphatic carbocycles. The molecule has 39 heavy (non-hydrogen) atoms. The number of likely N-dealkylation sites (N-methyl/N-ethyl adjacent to an activating group) is 1. The van der Waals surface area contributed by atoms with Crippen LogP contribution in [0.1, 0.15) is 64.9 Å². The molecular weight excluding hydrogens is 516 g/mol. The number of benzene rings is 2. The number of fused-ring (bicyclic) bond motifs is 1. The molecule has 4 atom stereocenters. The van der Waals surface area contributed by atoms with Gasteiger partial charge in [0, 0.05) is 23.8 Å². The molecular formula is C30H36N2O6S. The first kappa shape index (κ1) is 27.6. The number of piperidine rings is 1. The van der Waals surface area contributed by atoms with E-state index in [4.69, 9.17) is 10.2 Å². The van der Waals surface area contributed by atoms with Crippen LogP contribution in [-0.4, -0.2) is 53.7 Å². The van der Waals surface area contributed by atoms with Gasteiger partial charge in [-0.25, -0.2) is 8.42 Å².